The highest BCUT2D eigenvalue weighted by Crippen LogP contribution is 2.14. The Morgan fingerprint density at radius 2 is 1.82 bits per heavy atom. The molecule has 0 radical (unpaired) electrons. The first-order chi connectivity index (χ1) is 10.6. The molecule has 110 valence electrons. The van der Waals surface area contributed by atoms with Crippen LogP contribution in [0.4, 0.5) is 0 Å². The number of nitrogens with one attached hydrogen (secondary N) is 2. The summed E-state index contributed by atoms with van der Waals surface area (Å²) >= 11 is 0. The van der Waals surface area contributed by atoms with Crippen LogP contribution in [0.15, 0.2) is 54.6 Å². The second kappa shape index (κ2) is 6.05. The van der Waals surface area contributed by atoms with E-state index >= 15 is 0 Å². The van der Waals surface area contributed by atoms with Crippen molar-refractivity contribution in [3.05, 3.63) is 65.9 Å². The molecule has 0 unspecified atom stereocenters. The van der Waals surface area contributed by atoms with E-state index in [4.69, 9.17) is 10.0 Å². The first kappa shape index (κ1) is 14.4. The summed E-state index contributed by atoms with van der Waals surface area (Å²) in [5.74, 6) is -0.178. The Hall–Kier alpha value is -2.57. The fraction of sp³-hybridized carbons (Fsp3) is 0.0625. The molecule has 0 aliphatic carbocycles. The van der Waals surface area contributed by atoms with Gasteiger partial charge in [-0.25, -0.2) is 0 Å². The normalized spacial score (nSPS) is 10.6. The molecule has 0 atom stereocenters. The van der Waals surface area contributed by atoms with E-state index in [-0.39, 0.29) is 5.91 Å². The van der Waals surface area contributed by atoms with Crippen molar-refractivity contribution in [2.75, 3.05) is 0 Å². The third-order valence-corrected chi connectivity index (χ3v) is 3.51. The van der Waals surface area contributed by atoms with E-state index in [1.165, 1.54) is 0 Å². The fourth-order valence-corrected chi connectivity index (χ4v) is 2.28. The minimum atomic E-state index is -1.48. The Balaban J connectivity index is 1.66. The molecule has 0 fully saturated rings. The summed E-state index contributed by atoms with van der Waals surface area (Å²) in [6.07, 6.45) is 0. The molecule has 0 aliphatic heterocycles. The van der Waals surface area contributed by atoms with Crippen LogP contribution in [0.5, 0.6) is 0 Å². The second-order valence-electron chi connectivity index (χ2n) is 5.07. The van der Waals surface area contributed by atoms with Gasteiger partial charge in [-0.1, -0.05) is 42.5 Å². The minimum Gasteiger partial charge on any atom is -0.423 e. The summed E-state index contributed by atoms with van der Waals surface area (Å²) in [6.45, 7) is 0.371. The number of rotatable bonds is 4. The second-order valence-corrected chi connectivity index (χ2v) is 5.07. The average molecular weight is 294 g/mol. The molecule has 1 heterocycles. The summed E-state index contributed by atoms with van der Waals surface area (Å²) < 4.78 is 0. The highest BCUT2D eigenvalue weighted by molar-refractivity contribution is 6.58. The Morgan fingerprint density at radius 1 is 1.09 bits per heavy atom. The van der Waals surface area contributed by atoms with Crippen LogP contribution in [0, 0.1) is 0 Å². The molecule has 0 aliphatic rings. The number of aromatic amines is 1. The zero-order valence-electron chi connectivity index (χ0n) is 11.8. The number of hydrogen-bond donors (Lipinski definition) is 4. The number of amides is 1. The zero-order valence-corrected chi connectivity index (χ0v) is 11.8. The SMILES string of the molecule is O=C(NCc1ccc(B(O)O)cc1)c1cc2ccccc2[nH]1. The third-order valence-electron chi connectivity index (χ3n) is 3.51. The number of hydrogen-bond acceptors (Lipinski definition) is 3. The summed E-state index contributed by atoms with van der Waals surface area (Å²) in [5.41, 5.74) is 2.75. The van der Waals surface area contributed by atoms with E-state index in [1.54, 1.807) is 24.3 Å². The number of carbonyl (C=O) groups excluding carboxylic acids is 1. The fourth-order valence-electron chi connectivity index (χ4n) is 2.28. The maximum absolute atomic E-state index is 12.1. The monoisotopic (exact) mass is 294 g/mol. The van der Waals surface area contributed by atoms with E-state index in [0.29, 0.717) is 17.7 Å². The predicted molar refractivity (Wildman–Crippen MR) is 85.7 cm³/mol. The van der Waals surface area contributed by atoms with E-state index in [0.717, 1.165) is 16.5 Å². The molecule has 5 nitrogen and oxygen atoms in total. The van der Waals surface area contributed by atoms with Crippen LogP contribution >= 0.6 is 0 Å². The van der Waals surface area contributed by atoms with Crippen molar-refractivity contribution in [3.63, 3.8) is 0 Å². The van der Waals surface area contributed by atoms with Crippen molar-refractivity contribution in [2.24, 2.45) is 0 Å². The highest BCUT2D eigenvalue weighted by Gasteiger charge is 2.11. The Kier molecular flexibility index (Phi) is 3.95. The molecule has 2 aromatic carbocycles. The summed E-state index contributed by atoms with van der Waals surface area (Å²) in [4.78, 5) is 15.2. The lowest BCUT2D eigenvalue weighted by molar-refractivity contribution is 0.0946. The molecular weight excluding hydrogens is 279 g/mol. The van der Waals surface area contributed by atoms with Crippen molar-refractivity contribution in [1.29, 1.82) is 0 Å². The van der Waals surface area contributed by atoms with Crippen LogP contribution in [0.3, 0.4) is 0 Å². The average Bonchev–Trinajstić information content (AvgIpc) is 2.97. The molecule has 6 heteroatoms. The van der Waals surface area contributed by atoms with E-state index in [2.05, 4.69) is 10.3 Å². The van der Waals surface area contributed by atoms with Gasteiger partial charge >= 0.3 is 7.12 Å². The Morgan fingerprint density at radius 3 is 2.50 bits per heavy atom. The molecule has 0 saturated heterocycles. The molecule has 22 heavy (non-hydrogen) atoms. The number of fused-ring (bicyclic) bond motifs is 1. The van der Waals surface area contributed by atoms with Crippen LogP contribution in [0.1, 0.15) is 16.1 Å². The Bertz CT molecular complexity index is 764. The standard InChI is InChI=1S/C16H15BN2O3/c20-16(15-9-12-3-1-2-4-14(12)19-15)18-10-11-5-7-13(8-6-11)17(21)22/h1-9,19,21-22H,10H2,(H,18,20). The van der Waals surface area contributed by atoms with Crippen LogP contribution in [0.2, 0.25) is 0 Å². The number of benzene rings is 2. The predicted octanol–water partition coefficient (Wildman–Crippen LogP) is 0.778. The maximum Gasteiger partial charge on any atom is 0.488 e. The minimum absolute atomic E-state index is 0.178. The van der Waals surface area contributed by atoms with Gasteiger partial charge in [0.25, 0.3) is 5.91 Å². The number of H-pyrrole nitrogens is 1. The smallest absolute Gasteiger partial charge is 0.423 e. The van der Waals surface area contributed by atoms with E-state index in [9.17, 15) is 4.79 Å². The zero-order chi connectivity index (χ0) is 15.5. The van der Waals surface area contributed by atoms with Crippen LogP contribution in [-0.2, 0) is 6.54 Å². The molecule has 0 bridgehead atoms. The number of carbonyl (C=O) groups is 1. The molecule has 3 rings (SSSR count). The van der Waals surface area contributed by atoms with Gasteiger partial charge in [0.15, 0.2) is 0 Å². The van der Waals surface area contributed by atoms with Gasteiger partial charge in [0, 0.05) is 17.4 Å². The molecule has 4 N–H and O–H groups in total. The lowest BCUT2D eigenvalue weighted by atomic mass is 9.80. The van der Waals surface area contributed by atoms with E-state index < -0.39 is 7.12 Å². The van der Waals surface area contributed by atoms with Crippen LogP contribution in [0.25, 0.3) is 10.9 Å². The molecule has 1 aromatic heterocycles. The van der Waals surface area contributed by atoms with Gasteiger partial charge in [-0.3, -0.25) is 4.79 Å². The molecule has 1 amide bonds. The Labute approximate surface area is 127 Å². The summed E-state index contributed by atoms with van der Waals surface area (Å²) in [6, 6.07) is 16.3. The van der Waals surface area contributed by atoms with Gasteiger partial charge in [-0.05, 0) is 23.2 Å². The van der Waals surface area contributed by atoms with Crippen molar-refractivity contribution in [3.8, 4) is 0 Å². The largest absolute Gasteiger partial charge is 0.488 e. The highest BCUT2D eigenvalue weighted by atomic mass is 16.4. The topological polar surface area (TPSA) is 85.3 Å². The van der Waals surface area contributed by atoms with E-state index in [1.807, 2.05) is 30.3 Å². The first-order valence-electron chi connectivity index (χ1n) is 6.94. The molecule has 0 spiro atoms. The molecule has 3 aromatic rings. The first-order valence-corrected chi connectivity index (χ1v) is 6.94. The van der Waals surface area contributed by atoms with Gasteiger partial charge < -0.3 is 20.3 Å². The van der Waals surface area contributed by atoms with Crippen molar-refractivity contribution < 1.29 is 14.8 Å². The van der Waals surface area contributed by atoms with Crippen molar-refractivity contribution >= 4 is 29.4 Å². The van der Waals surface area contributed by atoms with Gasteiger partial charge in [0.2, 0.25) is 0 Å². The quantitative estimate of drug-likeness (QED) is 0.536. The maximum atomic E-state index is 12.1. The van der Waals surface area contributed by atoms with Gasteiger partial charge in [-0.2, -0.15) is 0 Å². The van der Waals surface area contributed by atoms with Crippen molar-refractivity contribution in [2.45, 2.75) is 6.54 Å². The van der Waals surface area contributed by atoms with Gasteiger partial charge in [0.1, 0.15) is 5.69 Å². The molecular formula is C16H15BN2O3. The van der Waals surface area contributed by atoms with Gasteiger partial charge in [0.05, 0.1) is 0 Å². The summed E-state index contributed by atoms with van der Waals surface area (Å²) in [7, 11) is -1.48. The lowest BCUT2D eigenvalue weighted by Crippen LogP contribution is -2.30. The van der Waals surface area contributed by atoms with Crippen LogP contribution < -0.4 is 10.8 Å². The lowest BCUT2D eigenvalue weighted by Gasteiger charge is -2.05. The molecule has 0 saturated carbocycles. The summed E-state index contributed by atoms with van der Waals surface area (Å²) in [5, 5.41) is 21.9. The van der Waals surface area contributed by atoms with Crippen molar-refractivity contribution in [1.82, 2.24) is 10.3 Å². The van der Waals surface area contributed by atoms with Crippen LogP contribution in [-0.4, -0.2) is 28.1 Å². The third kappa shape index (κ3) is 3.03. The number of para-hydroxylation sites is 1. The van der Waals surface area contributed by atoms with Gasteiger partial charge in [-0.15, -0.1) is 0 Å². The number of aromatic nitrogens is 1.